The van der Waals surface area contributed by atoms with Gasteiger partial charge in [-0.2, -0.15) is 0 Å². The van der Waals surface area contributed by atoms with Crippen LogP contribution in [-0.4, -0.2) is 79.9 Å². The first kappa shape index (κ1) is 21.2. The summed E-state index contributed by atoms with van der Waals surface area (Å²) in [4.78, 5) is 32.8. The maximum atomic E-state index is 13.3. The Morgan fingerprint density at radius 2 is 1.87 bits per heavy atom. The van der Waals surface area contributed by atoms with Gasteiger partial charge in [0.05, 0.1) is 12.5 Å². The van der Waals surface area contributed by atoms with Crippen molar-refractivity contribution in [2.45, 2.75) is 33.1 Å². The molecule has 2 amide bonds. The fourth-order valence-corrected chi connectivity index (χ4v) is 6.11. The predicted octanol–water partition coefficient (Wildman–Crippen LogP) is 2.74. The highest BCUT2D eigenvalue weighted by Crippen LogP contribution is 2.57. The molecule has 1 unspecified atom stereocenters. The lowest BCUT2D eigenvalue weighted by Crippen LogP contribution is -2.53. The number of hydrogen-bond acceptors (Lipinski definition) is 4. The summed E-state index contributed by atoms with van der Waals surface area (Å²) in [7, 11) is 3.56. The highest BCUT2D eigenvalue weighted by molar-refractivity contribution is 5.94. The third-order valence-corrected chi connectivity index (χ3v) is 7.61. The number of hydrogen-bond donors (Lipinski definition) is 0. The largest absolute Gasteiger partial charge is 0.497 e. The van der Waals surface area contributed by atoms with Gasteiger partial charge in [0.15, 0.2) is 0 Å². The minimum Gasteiger partial charge on any atom is -0.497 e. The molecule has 3 saturated heterocycles. The van der Waals surface area contributed by atoms with E-state index in [1.807, 2.05) is 41.1 Å². The molecule has 0 N–H and O–H groups in total. The molecule has 2 spiro atoms. The summed E-state index contributed by atoms with van der Waals surface area (Å²) in [5.41, 5.74) is 0.376. The van der Waals surface area contributed by atoms with E-state index in [4.69, 9.17) is 4.74 Å². The Morgan fingerprint density at radius 3 is 2.47 bits per heavy atom. The van der Waals surface area contributed by atoms with E-state index in [0.29, 0.717) is 36.2 Å². The molecule has 0 aromatic heterocycles. The van der Waals surface area contributed by atoms with Crippen LogP contribution in [0.15, 0.2) is 24.3 Å². The second-order valence-corrected chi connectivity index (χ2v) is 9.93. The monoisotopic (exact) mass is 413 g/mol. The standard InChI is InChI=1S/C24H35N3O3/c1-18(2)15-26-16-23(24(17-26)10-11-25(3)22(24)29)8-12-27(13-9-23)21(28)19-6-5-7-20(14-19)30-4/h5-7,14,18H,8-13,15-17H2,1-4H3. The molecule has 3 heterocycles. The smallest absolute Gasteiger partial charge is 0.253 e. The van der Waals surface area contributed by atoms with Gasteiger partial charge in [0.1, 0.15) is 5.75 Å². The van der Waals surface area contributed by atoms with Gasteiger partial charge in [-0.3, -0.25) is 9.59 Å². The lowest BCUT2D eigenvalue weighted by atomic mass is 9.60. The Bertz CT molecular complexity index is 816. The summed E-state index contributed by atoms with van der Waals surface area (Å²) in [5.74, 6) is 1.67. The molecule has 3 aliphatic rings. The maximum absolute atomic E-state index is 13.3. The first-order chi connectivity index (χ1) is 14.3. The lowest BCUT2D eigenvalue weighted by molar-refractivity contribution is -0.141. The van der Waals surface area contributed by atoms with E-state index in [0.717, 1.165) is 45.4 Å². The SMILES string of the molecule is COc1cccc(C(=O)N2CCC3(CC2)CN(CC(C)C)CC32CCN(C)C2=O)c1. The quantitative estimate of drug-likeness (QED) is 0.762. The van der Waals surface area contributed by atoms with Crippen molar-refractivity contribution < 1.29 is 14.3 Å². The molecule has 30 heavy (non-hydrogen) atoms. The Balaban J connectivity index is 1.53. The molecule has 0 radical (unpaired) electrons. The number of benzene rings is 1. The third kappa shape index (κ3) is 3.39. The van der Waals surface area contributed by atoms with Crippen molar-refractivity contribution in [2.75, 3.05) is 53.4 Å². The van der Waals surface area contributed by atoms with Gasteiger partial charge in [-0.1, -0.05) is 19.9 Å². The van der Waals surface area contributed by atoms with Crippen molar-refractivity contribution in [3.63, 3.8) is 0 Å². The van der Waals surface area contributed by atoms with Crippen LogP contribution in [0.4, 0.5) is 0 Å². The molecule has 3 aliphatic heterocycles. The lowest BCUT2D eigenvalue weighted by Gasteiger charge is -2.47. The van der Waals surface area contributed by atoms with Gasteiger partial charge in [0.25, 0.3) is 5.91 Å². The average Bonchev–Trinajstić information content (AvgIpc) is 3.19. The summed E-state index contributed by atoms with van der Waals surface area (Å²) in [6.07, 6.45) is 2.74. The Labute approximate surface area is 180 Å². The average molecular weight is 414 g/mol. The Morgan fingerprint density at radius 1 is 1.13 bits per heavy atom. The number of likely N-dealkylation sites (tertiary alicyclic amines) is 3. The van der Waals surface area contributed by atoms with E-state index in [-0.39, 0.29) is 16.7 Å². The van der Waals surface area contributed by atoms with Gasteiger partial charge >= 0.3 is 0 Å². The number of rotatable bonds is 4. The van der Waals surface area contributed by atoms with Gasteiger partial charge < -0.3 is 19.4 Å². The first-order valence-electron chi connectivity index (χ1n) is 11.2. The van der Waals surface area contributed by atoms with Crippen LogP contribution in [0.2, 0.25) is 0 Å². The second-order valence-electron chi connectivity index (χ2n) is 9.93. The summed E-state index contributed by atoms with van der Waals surface area (Å²) in [6, 6.07) is 7.38. The maximum Gasteiger partial charge on any atom is 0.253 e. The van der Waals surface area contributed by atoms with Crippen molar-refractivity contribution in [1.29, 1.82) is 0 Å². The molecule has 0 bridgehead atoms. The molecule has 164 valence electrons. The molecule has 6 heteroatoms. The molecule has 0 aliphatic carbocycles. The van der Waals surface area contributed by atoms with E-state index < -0.39 is 0 Å². The third-order valence-electron chi connectivity index (χ3n) is 7.61. The van der Waals surface area contributed by atoms with E-state index in [2.05, 4.69) is 18.7 Å². The molecule has 1 aromatic rings. The van der Waals surface area contributed by atoms with Crippen LogP contribution < -0.4 is 4.74 Å². The van der Waals surface area contributed by atoms with Crippen LogP contribution in [-0.2, 0) is 4.79 Å². The number of methoxy groups -OCH3 is 1. The minimum absolute atomic E-state index is 0.0190. The number of fused-ring (bicyclic) bond motifs is 1. The Kier molecular flexibility index (Phi) is 5.56. The van der Waals surface area contributed by atoms with Gasteiger partial charge in [-0.15, -0.1) is 0 Å². The summed E-state index contributed by atoms with van der Waals surface area (Å²) < 4.78 is 5.28. The zero-order valence-electron chi connectivity index (χ0n) is 18.8. The van der Waals surface area contributed by atoms with Crippen LogP contribution in [0, 0.1) is 16.7 Å². The summed E-state index contributed by atoms with van der Waals surface area (Å²) in [6.45, 7) is 9.65. The normalized spacial score (nSPS) is 26.4. The zero-order valence-corrected chi connectivity index (χ0v) is 18.8. The second kappa shape index (κ2) is 7.88. The highest BCUT2D eigenvalue weighted by atomic mass is 16.5. The molecule has 0 saturated carbocycles. The van der Waals surface area contributed by atoms with E-state index >= 15 is 0 Å². The number of piperidine rings is 1. The van der Waals surface area contributed by atoms with Gasteiger partial charge in [0, 0.05) is 57.3 Å². The molecular formula is C24H35N3O3. The van der Waals surface area contributed by atoms with Crippen molar-refractivity contribution in [3.05, 3.63) is 29.8 Å². The van der Waals surface area contributed by atoms with Crippen molar-refractivity contribution in [3.8, 4) is 5.75 Å². The van der Waals surface area contributed by atoms with E-state index in [1.165, 1.54) is 0 Å². The summed E-state index contributed by atoms with van der Waals surface area (Å²) in [5, 5.41) is 0. The van der Waals surface area contributed by atoms with Gasteiger partial charge in [0.2, 0.25) is 5.91 Å². The molecule has 3 fully saturated rings. The van der Waals surface area contributed by atoms with Crippen LogP contribution in [0.25, 0.3) is 0 Å². The molecule has 6 nitrogen and oxygen atoms in total. The predicted molar refractivity (Wildman–Crippen MR) is 117 cm³/mol. The number of ether oxygens (including phenoxy) is 1. The van der Waals surface area contributed by atoms with Gasteiger partial charge in [-0.25, -0.2) is 0 Å². The van der Waals surface area contributed by atoms with E-state index in [1.54, 1.807) is 7.11 Å². The van der Waals surface area contributed by atoms with Gasteiger partial charge in [-0.05, 0) is 43.4 Å². The number of amides is 2. The highest BCUT2D eigenvalue weighted by Gasteiger charge is 2.64. The molecule has 1 aromatic carbocycles. The number of carbonyl (C=O) groups excluding carboxylic acids is 2. The topological polar surface area (TPSA) is 53.1 Å². The van der Waals surface area contributed by atoms with Crippen molar-refractivity contribution in [2.24, 2.45) is 16.7 Å². The first-order valence-corrected chi connectivity index (χ1v) is 11.2. The van der Waals surface area contributed by atoms with Crippen molar-refractivity contribution in [1.82, 2.24) is 14.7 Å². The zero-order chi connectivity index (χ0) is 21.5. The molecule has 1 atom stereocenters. The summed E-state index contributed by atoms with van der Waals surface area (Å²) >= 11 is 0. The fraction of sp³-hybridized carbons (Fsp3) is 0.667. The van der Waals surface area contributed by atoms with Crippen LogP contribution in [0.1, 0.15) is 43.5 Å². The number of nitrogens with zero attached hydrogens (tertiary/aromatic N) is 3. The van der Waals surface area contributed by atoms with Crippen molar-refractivity contribution >= 4 is 11.8 Å². The minimum atomic E-state index is -0.276. The fourth-order valence-electron chi connectivity index (χ4n) is 6.11. The molecule has 4 rings (SSSR count). The van der Waals surface area contributed by atoms with Crippen LogP contribution >= 0.6 is 0 Å². The molecular weight excluding hydrogens is 378 g/mol. The van der Waals surface area contributed by atoms with Crippen LogP contribution in [0.5, 0.6) is 5.75 Å². The Hall–Kier alpha value is -2.08. The van der Waals surface area contributed by atoms with Crippen LogP contribution in [0.3, 0.4) is 0 Å². The number of carbonyl (C=O) groups is 2. The van der Waals surface area contributed by atoms with E-state index in [9.17, 15) is 9.59 Å².